The lowest BCUT2D eigenvalue weighted by molar-refractivity contribution is 0.113. The summed E-state index contributed by atoms with van der Waals surface area (Å²) in [5, 5.41) is 16.8. The normalized spacial score (nSPS) is 15.0. The molecule has 2 N–H and O–H groups in total. The van der Waals surface area contributed by atoms with Gasteiger partial charge in [-0.2, -0.15) is 11.8 Å². The summed E-state index contributed by atoms with van der Waals surface area (Å²) in [6, 6.07) is 0. The Bertz CT molecular complexity index is 110. The van der Waals surface area contributed by atoms with Crippen LogP contribution in [0.3, 0.4) is 0 Å². The number of halogens is 3. The molecule has 0 aromatic heterocycles. The molecule has 1 atom stereocenters. The van der Waals surface area contributed by atoms with Crippen molar-refractivity contribution in [3.8, 4) is 0 Å². The van der Waals surface area contributed by atoms with E-state index < -0.39 is 25.3 Å². The molecule has 1 unspecified atom stereocenters. The van der Waals surface area contributed by atoms with Gasteiger partial charge in [0.2, 0.25) is 0 Å². The number of rotatable bonds is 5. The minimum atomic E-state index is -4.77. The third-order valence-corrected chi connectivity index (χ3v) is 2.06. The van der Waals surface area contributed by atoms with Gasteiger partial charge in [0.15, 0.2) is 0 Å². The number of hydrogen-bond donors (Lipinski definition) is 2. The zero-order chi connectivity index (χ0) is 8.91. The van der Waals surface area contributed by atoms with E-state index in [0.29, 0.717) is 11.8 Å². The summed E-state index contributed by atoms with van der Waals surface area (Å²) in [5.41, 5.74) is -0.920. The molecular weight excluding hydrogens is 180 g/mol. The van der Waals surface area contributed by atoms with Gasteiger partial charge in [0.1, 0.15) is 0 Å². The number of thioether (sulfide) groups is 1. The van der Waals surface area contributed by atoms with E-state index in [9.17, 15) is 12.9 Å². The van der Waals surface area contributed by atoms with Gasteiger partial charge in [-0.15, -0.1) is 0 Å². The van der Waals surface area contributed by atoms with Crippen molar-refractivity contribution in [1.82, 2.24) is 0 Å². The Hall–Kier alpha value is 0.125. The fourth-order valence-corrected chi connectivity index (χ4v) is 1.17. The Balaban J connectivity index is 3.28. The molecule has 0 aromatic carbocycles. The van der Waals surface area contributed by atoms with Crippen LogP contribution in [-0.4, -0.2) is 41.3 Å². The maximum Gasteiger partial charge on any atom is 0.488 e. The molecule has 0 radical (unpaired) electrons. The van der Waals surface area contributed by atoms with Gasteiger partial charge in [-0.25, -0.2) is 0 Å². The minimum absolute atomic E-state index is 0.0717. The van der Waals surface area contributed by atoms with Crippen LogP contribution in [0.15, 0.2) is 0 Å². The van der Waals surface area contributed by atoms with Gasteiger partial charge in [-0.05, 0) is 5.65 Å². The van der Waals surface area contributed by atoms with Crippen molar-refractivity contribution < 1.29 is 23.2 Å². The first-order valence-corrected chi connectivity index (χ1v) is 4.19. The molecule has 0 saturated heterocycles. The zero-order valence-corrected chi connectivity index (χ0v) is 6.53. The van der Waals surface area contributed by atoms with Crippen molar-refractivity contribution >= 4 is 18.7 Å². The Labute approximate surface area is 66.8 Å². The maximum absolute atomic E-state index is 11.5. The third-order valence-electron chi connectivity index (χ3n) is 0.828. The smallest absolute Gasteiger partial charge is 0.448 e. The van der Waals surface area contributed by atoms with Crippen molar-refractivity contribution in [2.24, 2.45) is 0 Å². The van der Waals surface area contributed by atoms with Crippen molar-refractivity contribution in [1.29, 1.82) is 0 Å². The molecule has 0 saturated carbocycles. The minimum Gasteiger partial charge on any atom is -0.448 e. The molecule has 0 aliphatic heterocycles. The van der Waals surface area contributed by atoms with Crippen LogP contribution in [-0.2, 0) is 0 Å². The number of aliphatic hydroxyl groups is 2. The largest absolute Gasteiger partial charge is 0.488 e. The second-order valence-electron chi connectivity index (χ2n) is 2.08. The van der Waals surface area contributed by atoms with Crippen molar-refractivity contribution in [3.05, 3.63) is 0 Å². The van der Waals surface area contributed by atoms with Gasteiger partial charge in [-0.1, -0.05) is 0 Å². The Morgan fingerprint density at radius 1 is 1.36 bits per heavy atom. The van der Waals surface area contributed by atoms with Gasteiger partial charge in [0.25, 0.3) is 0 Å². The van der Waals surface area contributed by atoms with Gasteiger partial charge in [0.05, 0.1) is 12.7 Å². The molecule has 0 amide bonds. The Morgan fingerprint density at radius 3 is 2.27 bits per heavy atom. The van der Waals surface area contributed by atoms with Crippen LogP contribution in [0.4, 0.5) is 12.9 Å². The van der Waals surface area contributed by atoms with Crippen LogP contribution in [0.1, 0.15) is 0 Å². The molecule has 0 aromatic rings. The van der Waals surface area contributed by atoms with E-state index in [1.165, 1.54) is 0 Å². The van der Waals surface area contributed by atoms with Gasteiger partial charge >= 0.3 is 6.98 Å². The average molecular weight is 189 g/mol. The van der Waals surface area contributed by atoms with E-state index >= 15 is 0 Å². The molecular formula is C4H9BF3O2S-. The highest BCUT2D eigenvalue weighted by Crippen LogP contribution is 2.16. The summed E-state index contributed by atoms with van der Waals surface area (Å²) in [7, 11) is 0. The van der Waals surface area contributed by atoms with Gasteiger partial charge in [-0.3, -0.25) is 0 Å². The second-order valence-corrected chi connectivity index (χ2v) is 3.16. The topological polar surface area (TPSA) is 40.5 Å². The van der Waals surface area contributed by atoms with Crippen molar-refractivity contribution in [2.45, 2.75) is 6.10 Å². The third kappa shape index (κ3) is 8.03. The number of aliphatic hydroxyl groups excluding tert-OH is 2. The molecule has 0 bridgehead atoms. The predicted octanol–water partition coefficient (Wildman–Crippen LogP) is 0.459. The van der Waals surface area contributed by atoms with Crippen molar-refractivity contribution in [2.75, 3.05) is 18.0 Å². The van der Waals surface area contributed by atoms with Gasteiger partial charge < -0.3 is 23.2 Å². The van der Waals surface area contributed by atoms with E-state index in [0.717, 1.165) is 0 Å². The van der Waals surface area contributed by atoms with E-state index in [-0.39, 0.29) is 5.75 Å². The van der Waals surface area contributed by atoms with Crippen LogP contribution >= 0.6 is 11.8 Å². The standard InChI is InChI=1S/C4H9BF3O2S/c6-5(7,8)3-11-2-4(10)1-9/h4,9-10H,1-3H2/q-1. The molecule has 0 rings (SSSR count). The average Bonchev–Trinajstić information content (AvgIpc) is 1.85. The molecule has 7 heteroatoms. The van der Waals surface area contributed by atoms with Crippen LogP contribution in [0.2, 0.25) is 0 Å². The van der Waals surface area contributed by atoms with Crippen LogP contribution < -0.4 is 0 Å². The highest BCUT2D eigenvalue weighted by molar-refractivity contribution is 8.00. The van der Waals surface area contributed by atoms with E-state index in [1.54, 1.807) is 0 Å². The summed E-state index contributed by atoms with van der Waals surface area (Å²) in [5.74, 6) is -0.0717. The van der Waals surface area contributed by atoms with E-state index in [4.69, 9.17) is 10.2 Å². The summed E-state index contributed by atoms with van der Waals surface area (Å²) in [4.78, 5) is 0. The monoisotopic (exact) mass is 189 g/mol. The predicted molar refractivity (Wildman–Crippen MR) is 39.5 cm³/mol. The van der Waals surface area contributed by atoms with Crippen LogP contribution in [0.5, 0.6) is 0 Å². The summed E-state index contributed by atoms with van der Waals surface area (Å²) < 4.78 is 34.5. The fourth-order valence-electron chi connectivity index (χ4n) is 0.390. The highest BCUT2D eigenvalue weighted by Gasteiger charge is 2.22. The first-order valence-electron chi connectivity index (χ1n) is 3.03. The first-order chi connectivity index (χ1) is 4.95. The molecule has 2 nitrogen and oxygen atoms in total. The Kier molecular flexibility index (Phi) is 4.95. The molecule has 0 fully saturated rings. The Morgan fingerprint density at radius 2 is 1.91 bits per heavy atom. The van der Waals surface area contributed by atoms with E-state index in [1.807, 2.05) is 0 Å². The molecule has 68 valence electrons. The van der Waals surface area contributed by atoms with Crippen LogP contribution in [0.25, 0.3) is 0 Å². The molecule has 11 heavy (non-hydrogen) atoms. The molecule has 0 spiro atoms. The molecule has 0 aliphatic carbocycles. The maximum atomic E-state index is 11.5. The quantitative estimate of drug-likeness (QED) is 0.617. The number of hydrogen-bond acceptors (Lipinski definition) is 3. The summed E-state index contributed by atoms with van der Waals surface area (Å²) in [6.45, 7) is -5.26. The van der Waals surface area contributed by atoms with E-state index in [2.05, 4.69) is 0 Å². The molecule has 0 heterocycles. The molecule has 0 aliphatic rings. The summed E-state index contributed by atoms with van der Waals surface area (Å²) in [6.07, 6.45) is -1.04. The highest BCUT2D eigenvalue weighted by atomic mass is 32.2. The lowest BCUT2D eigenvalue weighted by Gasteiger charge is -2.13. The fraction of sp³-hybridized carbons (Fsp3) is 1.00. The first kappa shape index (κ1) is 11.1. The van der Waals surface area contributed by atoms with Crippen LogP contribution in [0, 0.1) is 0 Å². The zero-order valence-electron chi connectivity index (χ0n) is 5.71. The lowest BCUT2D eigenvalue weighted by atomic mass is 9.98. The van der Waals surface area contributed by atoms with Crippen molar-refractivity contribution in [3.63, 3.8) is 0 Å². The summed E-state index contributed by atoms with van der Waals surface area (Å²) >= 11 is 0.586. The second kappa shape index (κ2) is 4.89. The lowest BCUT2D eigenvalue weighted by Crippen LogP contribution is -2.22. The van der Waals surface area contributed by atoms with Gasteiger partial charge in [0, 0.05) is 5.75 Å². The SMILES string of the molecule is OCC(O)CSC[B-](F)(F)F.